The molecule has 0 aliphatic carbocycles. The molecule has 8 heteroatoms. The van der Waals surface area contributed by atoms with E-state index in [0.717, 1.165) is 4.31 Å². The number of sulfonamides is 1. The van der Waals surface area contributed by atoms with Crippen LogP contribution in [0.2, 0.25) is 5.02 Å². The highest BCUT2D eigenvalue weighted by atomic mass is 35.5. The Bertz CT molecular complexity index is 1170. The van der Waals surface area contributed by atoms with E-state index in [9.17, 15) is 13.2 Å². The normalized spacial score (nSPS) is 16.1. The summed E-state index contributed by atoms with van der Waals surface area (Å²) in [4.78, 5) is 17.6. The smallest absolute Gasteiger partial charge is 0.270 e. The van der Waals surface area contributed by atoms with E-state index in [1.165, 1.54) is 19.2 Å². The van der Waals surface area contributed by atoms with Gasteiger partial charge in [-0.2, -0.15) is 0 Å². The lowest BCUT2D eigenvalue weighted by Crippen LogP contribution is -2.35. The predicted molar refractivity (Wildman–Crippen MR) is 105 cm³/mol. The average molecular weight is 415 g/mol. The Balaban J connectivity index is 1.94. The molecule has 3 aromatic rings. The Morgan fingerprint density at radius 3 is 2.50 bits per heavy atom. The summed E-state index contributed by atoms with van der Waals surface area (Å²) >= 11 is 6.15. The van der Waals surface area contributed by atoms with Crippen molar-refractivity contribution in [2.24, 2.45) is 0 Å². The first-order valence-corrected chi connectivity index (χ1v) is 10.2. The number of halogens is 1. The molecular formula is C20H15ClN2O4S. The zero-order valence-electron chi connectivity index (χ0n) is 14.7. The van der Waals surface area contributed by atoms with Crippen LogP contribution in [-0.4, -0.2) is 26.4 Å². The third-order valence-corrected chi connectivity index (χ3v) is 6.51. The maximum absolute atomic E-state index is 13.4. The Morgan fingerprint density at radius 1 is 1.04 bits per heavy atom. The van der Waals surface area contributed by atoms with Crippen LogP contribution >= 0.6 is 11.6 Å². The molecule has 4 rings (SSSR count). The maximum atomic E-state index is 13.4. The van der Waals surface area contributed by atoms with Crippen molar-refractivity contribution in [3.63, 3.8) is 0 Å². The fourth-order valence-corrected chi connectivity index (χ4v) is 5.01. The number of carbonyl (C=O) groups is 1. The van der Waals surface area contributed by atoms with Crippen molar-refractivity contribution < 1.29 is 17.9 Å². The van der Waals surface area contributed by atoms with Crippen LogP contribution in [0.4, 0.5) is 5.69 Å². The molecule has 1 atom stereocenters. The van der Waals surface area contributed by atoms with Crippen molar-refractivity contribution in [2.45, 2.75) is 10.8 Å². The van der Waals surface area contributed by atoms with Crippen molar-refractivity contribution in [1.82, 2.24) is 4.98 Å². The molecule has 28 heavy (non-hydrogen) atoms. The monoisotopic (exact) mass is 414 g/mol. The van der Waals surface area contributed by atoms with Crippen LogP contribution in [0.1, 0.15) is 17.0 Å². The SMILES string of the molecule is COc1ncccc1C1C(=O)N(S(=O)(=O)c2ccccc2)c2ccc(Cl)cc21. The van der Waals surface area contributed by atoms with E-state index in [-0.39, 0.29) is 16.5 Å². The van der Waals surface area contributed by atoms with Crippen LogP contribution < -0.4 is 9.04 Å². The second-order valence-corrected chi connectivity index (χ2v) is 8.38. The minimum atomic E-state index is -4.10. The number of fused-ring (bicyclic) bond motifs is 1. The van der Waals surface area contributed by atoms with Crippen molar-refractivity contribution in [2.75, 3.05) is 11.4 Å². The molecule has 6 nitrogen and oxygen atoms in total. The molecule has 0 spiro atoms. The van der Waals surface area contributed by atoms with E-state index in [2.05, 4.69) is 4.98 Å². The molecule has 1 aliphatic rings. The predicted octanol–water partition coefficient (Wildman–Crippen LogP) is 3.61. The lowest BCUT2D eigenvalue weighted by molar-refractivity contribution is -0.117. The topological polar surface area (TPSA) is 76.6 Å². The average Bonchev–Trinajstić information content (AvgIpc) is 3.00. The third-order valence-electron chi connectivity index (χ3n) is 4.55. The first-order chi connectivity index (χ1) is 13.4. The Morgan fingerprint density at radius 2 is 1.79 bits per heavy atom. The number of methoxy groups -OCH3 is 1. The largest absolute Gasteiger partial charge is 0.481 e. The molecular weight excluding hydrogens is 400 g/mol. The van der Waals surface area contributed by atoms with Gasteiger partial charge in [-0.3, -0.25) is 4.79 Å². The highest BCUT2D eigenvalue weighted by Crippen LogP contribution is 2.46. The van der Waals surface area contributed by atoms with E-state index in [1.807, 2.05) is 0 Å². The van der Waals surface area contributed by atoms with Crippen molar-refractivity contribution in [3.8, 4) is 5.88 Å². The number of benzene rings is 2. The van der Waals surface area contributed by atoms with Crippen LogP contribution in [0, 0.1) is 0 Å². The van der Waals surface area contributed by atoms with Gasteiger partial charge in [-0.1, -0.05) is 35.9 Å². The van der Waals surface area contributed by atoms with E-state index < -0.39 is 21.8 Å². The van der Waals surface area contributed by atoms with Crippen LogP contribution in [-0.2, 0) is 14.8 Å². The second-order valence-electron chi connectivity index (χ2n) is 6.16. The van der Waals surface area contributed by atoms with Crippen LogP contribution in [0.3, 0.4) is 0 Å². The zero-order valence-corrected chi connectivity index (χ0v) is 16.3. The number of hydrogen-bond acceptors (Lipinski definition) is 5. The number of amides is 1. The number of pyridine rings is 1. The van der Waals surface area contributed by atoms with Gasteiger partial charge < -0.3 is 4.74 Å². The van der Waals surface area contributed by atoms with Crippen LogP contribution in [0.5, 0.6) is 5.88 Å². The summed E-state index contributed by atoms with van der Waals surface area (Å²) in [6.45, 7) is 0. The van der Waals surface area contributed by atoms with Crippen molar-refractivity contribution >= 4 is 33.2 Å². The quantitative estimate of drug-likeness (QED) is 0.651. The Kier molecular flexibility index (Phi) is 4.56. The fourth-order valence-electron chi connectivity index (χ4n) is 3.35. The molecule has 2 heterocycles. The van der Waals surface area contributed by atoms with Gasteiger partial charge in [0.05, 0.1) is 23.6 Å². The molecule has 0 bridgehead atoms. The van der Waals surface area contributed by atoms with Gasteiger partial charge in [-0.05, 0) is 42.0 Å². The molecule has 0 radical (unpaired) electrons. The molecule has 1 aromatic heterocycles. The van der Waals surface area contributed by atoms with Crippen LogP contribution in [0.25, 0.3) is 0 Å². The molecule has 1 amide bonds. The summed E-state index contributed by atoms with van der Waals surface area (Å²) in [5.41, 5.74) is 1.24. The fraction of sp³-hybridized carbons (Fsp3) is 0.100. The molecule has 0 saturated heterocycles. The van der Waals surface area contributed by atoms with Crippen LogP contribution in [0.15, 0.2) is 71.8 Å². The Labute approximate surface area is 167 Å². The van der Waals surface area contributed by atoms with Gasteiger partial charge in [0.25, 0.3) is 15.9 Å². The van der Waals surface area contributed by atoms with Crippen molar-refractivity contribution in [1.29, 1.82) is 0 Å². The summed E-state index contributed by atoms with van der Waals surface area (Å²) < 4.78 is 32.6. The van der Waals surface area contributed by atoms with Gasteiger partial charge in [-0.25, -0.2) is 17.7 Å². The molecule has 1 aliphatic heterocycles. The first-order valence-electron chi connectivity index (χ1n) is 8.37. The lowest BCUT2D eigenvalue weighted by atomic mass is 9.93. The van der Waals surface area contributed by atoms with Gasteiger partial charge in [-0.15, -0.1) is 0 Å². The van der Waals surface area contributed by atoms with Gasteiger partial charge in [0.15, 0.2) is 0 Å². The second kappa shape index (κ2) is 6.92. The number of carbonyl (C=O) groups excluding carboxylic acids is 1. The maximum Gasteiger partial charge on any atom is 0.270 e. The lowest BCUT2D eigenvalue weighted by Gasteiger charge is -2.18. The number of ether oxygens (including phenoxy) is 1. The summed E-state index contributed by atoms with van der Waals surface area (Å²) in [5, 5.41) is 0.401. The molecule has 0 saturated carbocycles. The summed E-state index contributed by atoms with van der Waals surface area (Å²) in [6.07, 6.45) is 1.54. The van der Waals surface area contributed by atoms with Crippen molar-refractivity contribution in [3.05, 3.63) is 83.0 Å². The molecule has 2 aromatic carbocycles. The molecule has 142 valence electrons. The number of anilines is 1. The molecule has 1 unspecified atom stereocenters. The van der Waals surface area contributed by atoms with E-state index in [4.69, 9.17) is 16.3 Å². The summed E-state index contributed by atoms with van der Waals surface area (Å²) in [7, 11) is -2.65. The minimum absolute atomic E-state index is 0.0306. The zero-order chi connectivity index (χ0) is 19.9. The third kappa shape index (κ3) is 2.83. The number of aromatic nitrogens is 1. The summed E-state index contributed by atoms with van der Waals surface area (Å²) in [6, 6.07) is 15.9. The Hall–Kier alpha value is -2.90. The van der Waals surface area contributed by atoms with Gasteiger partial charge in [0, 0.05) is 16.8 Å². The van der Waals surface area contributed by atoms with E-state index in [1.54, 1.807) is 54.7 Å². The van der Waals surface area contributed by atoms with Gasteiger partial charge >= 0.3 is 0 Å². The highest BCUT2D eigenvalue weighted by Gasteiger charge is 2.46. The standard InChI is InChI=1S/C20H15ClN2O4S/c1-27-19-15(8-5-11-22-19)18-16-12-13(21)9-10-17(16)23(20(18)24)28(25,26)14-6-3-2-4-7-14/h2-12,18H,1H3. The number of rotatable bonds is 4. The van der Waals surface area contributed by atoms with Gasteiger partial charge in [0.1, 0.15) is 0 Å². The summed E-state index contributed by atoms with van der Waals surface area (Å²) in [5.74, 6) is -1.24. The first kappa shape index (κ1) is 18.5. The molecule has 0 N–H and O–H groups in total. The minimum Gasteiger partial charge on any atom is -0.481 e. The number of nitrogens with zero attached hydrogens (tertiary/aromatic N) is 2. The number of hydrogen-bond donors (Lipinski definition) is 0. The highest BCUT2D eigenvalue weighted by molar-refractivity contribution is 7.93. The van der Waals surface area contributed by atoms with Gasteiger partial charge in [0.2, 0.25) is 5.88 Å². The molecule has 0 fully saturated rings. The van der Waals surface area contributed by atoms with E-state index >= 15 is 0 Å². The van der Waals surface area contributed by atoms with E-state index in [0.29, 0.717) is 16.1 Å².